The lowest BCUT2D eigenvalue weighted by molar-refractivity contribution is 0.185. The van der Waals surface area contributed by atoms with Crippen LogP contribution in [0.3, 0.4) is 0 Å². The van der Waals surface area contributed by atoms with Gasteiger partial charge in [-0.15, -0.1) is 0 Å². The van der Waals surface area contributed by atoms with E-state index >= 15 is 0 Å². The standard InChI is InChI=1S/C14H28N2O/c1-4-6-14(15-9-12-17-3)16-10-7-13(5-2)8-11-16/h6,13,15H,4-5,7-12H2,1-3H3/b14-6-. The molecule has 1 N–H and O–H groups in total. The number of allylic oxidation sites excluding steroid dienone is 1. The van der Waals surface area contributed by atoms with Gasteiger partial charge in [-0.1, -0.05) is 20.3 Å². The van der Waals surface area contributed by atoms with Gasteiger partial charge in [0.1, 0.15) is 0 Å². The van der Waals surface area contributed by atoms with Crippen LogP contribution >= 0.6 is 0 Å². The molecule has 0 aromatic rings. The molecule has 0 aromatic heterocycles. The van der Waals surface area contributed by atoms with Gasteiger partial charge in [-0.2, -0.15) is 0 Å². The number of nitrogens with one attached hydrogen (secondary N) is 1. The van der Waals surface area contributed by atoms with Crippen molar-refractivity contribution in [1.29, 1.82) is 0 Å². The maximum Gasteiger partial charge on any atom is 0.0972 e. The number of hydrogen-bond donors (Lipinski definition) is 1. The second kappa shape index (κ2) is 8.40. The van der Waals surface area contributed by atoms with Crippen LogP contribution in [0, 0.1) is 5.92 Å². The van der Waals surface area contributed by atoms with Crippen molar-refractivity contribution in [3.63, 3.8) is 0 Å². The first kappa shape index (κ1) is 14.4. The Morgan fingerprint density at radius 3 is 2.59 bits per heavy atom. The van der Waals surface area contributed by atoms with Gasteiger partial charge >= 0.3 is 0 Å². The predicted octanol–water partition coefficient (Wildman–Crippen LogP) is 2.60. The molecule has 17 heavy (non-hydrogen) atoms. The summed E-state index contributed by atoms with van der Waals surface area (Å²) in [5, 5.41) is 3.49. The Balaban J connectivity index is 2.40. The van der Waals surface area contributed by atoms with Gasteiger partial charge in [-0.3, -0.25) is 0 Å². The number of nitrogens with zero attached hydrogens (tertiary/aromatic N) is 1. The van der Waals surface area contributed by atoms with Crippen LogP contribution in [-0.4, -0.2) is 38.3 Å². The van der Waals surface area contributed by atoms with E-state index in [1.54, 1.807) is 7.11 Å². The van der Waals surface area contributed by atoms with Crippen molar-refractivity contribution in [3.8, 4) is 0 Å². The van der Waals surface area contributed by atoms with E-state index in [0.717, 1.165) is 25.5 Å². The molecule has 100 valence electrons. The van der Waals surface area contributed by atoms with E-state index in [1.165, 1.54) is 38.2 Å². The normalized spacial score (nSPS) is 18.5. The van der Waals surface area contributed by atoms with E-state index in [9.17, 15) is 0 Å². The molecule has 1 fully saturated rings. The molecule has 1 aliphatic heterocycles. The highest BCUT2D eigenvalue weighted by atomic mass is 16.5. The van der Waals surface area contributed by atoms with Gasteiger partial charge in [0, 0.05) is 26.7 Å². The molecule has 1 aliphatic rings. The lowest BCUT2D eigenvalue weighted by Crippen LogP contribution is -2.39. The maximum absolute atomic E-state index is 5.08. The Kier molecular flexibility index (Phi) is 7.10. The molecule has 0 unspecified atom stereocenters. The summed E-state index contributed by atoms with van der Waals surface area (Å²) in [6.07, 6.45) is 7.38. The van der Waals surface area contributed by atoms with Crippen LogP contribution in [-0.2, 0) is 4.74 Å². The fourth-order valence-corrected chi connectivity index (χ4v) is 2.37. The third-order valence-electron chi connectivity index (χ3n) is 3.54. The quantitative estimate of drug-likeness (QED) is 0.692. The smallest absolute Gasteiger partial charge is 0.0972 e. The molecule has 0 aromatic carbocycles. The van der Waals surface area contributed by atoms with Gasteiger partial charge in [0.15, 0.2) is 0 Å². The number of hydrogen-bond acceptors (Lipinski definition) is 3. The summed E-state index contributed by atoms with van der Waals surface area (Å²) < 4.78 is 5.08. The first-order chi connectivity index (χ1) is 8.31. The molecule has 0 amide bonds. The first-order valence-electron chi connectivity index (χ1n) is 6.99. The van der Waals surface area contributed by atoms with Crippen molar-refractivity contribution >= 4 is 0 Å². The van der Waals surface area contributed by atoms with Crippen LogP contribution in [0.1, 0.15) is 39.5 Å². The van der Waals surface area contributed by atoms with Crippen molar-refractivity contribution in [2.75, 3.05) is 33.4 Å². The molecule has 0 radical (unpaired) electrons. The van der Waals surface area contributed by atoms with Crippen molar-refractivity contribution < 1.29 is 4.74 Å². The predicted molar refractivity (Wildman–Crippen MR) is 72.8 cm³/mol. The highest BCUT2D eigenvalue weighted by Crippen LogP contribution is 2.21. The molecule has 0 atom stereocenters. The average Bonchev–Trinajstić information content (AvgIpc) is 2.38. The minimum atomic E-state index is 0.770. The van der Waals surface area contributed by atoms with Crippen LogP contribution in [0.15, 0.2) is 11.9 Å². The van der Waals surface area contributed by atoms with Crippen molar-refractivity contribution in [1.82, 2.24) is 10.2 Å². The number of methoxy groups -OCH3 is 1. The summed E-state index contributed by atoms with van der Waals surface area (Å²) in [7, 11) is 1.75. The van der Waals surface area contributed by atoms with E-state index in [4.69, 9.17) is 4.74 Å². The van der Waals surface area contributed by atoms with E-state index in [1.807, 2.05) is 0 Å². The molecular formula is C14H28N2O. The Morgan fingerprint density at radius 2 is 2.06 bits per heavy atom. The Morgan fingerprint density at radius 1 is 1.35 bits per heavy atom. The zero-order valence-corrected chi connectivity index (χ0v) is 11.7. The highest BCUT2D eigenvalue weighted by Gasteiger charge is 2.18. The van der Waals surface area contributed by atoms with Gasteiger partial charge in [0.25, 0.3) is 0 Å². The Hall–Kier alpha value is -0.700. The second-order valence-electron chi connectivity index (χ2n) is 4.76. The molecule has 1 saturated heterocycles. The summed E-state index contributed by atoms with van der Waals surface area (Å²) in [5.41, 5.74) is 0. The molecule has 1 rings (SSSR count). The van der Waals surface area contributed by atoms with E-state index in [-0.39, 0.29) is 0 Å². The monoisotopic (exact) mass is 240 g/mol. The third-order valence-corrected chi connectivity index (χ3v) is 3.54. The summed E-state index contributed by atoms with van der Waals surface area (Å²) >= 11 is 0. The van der Waals surface area contributed by atoms with Gasteiger partial charge in [-0.25, -0.2) is 0 Å². The molecule has 0 spiro atoms. The largest absolute Gasteiger partial charge is 0.383 e. The SMILES string of the molecule is CC/C=C(/NCCOC)N1CCC(CC)CC1. The Bertz CT molecular complexity index is 220. The van der Waals surface area contributed by atoms with E-state index < -0.39 is 0 Å². The number of rotatable bonds is 7. The topological polar surface area (TPSA) is 24.5 Å². The lowest BCUT2D eigenvalue weighted by atomic mass is 9.94. The third kappa shape index (κ3) is 4.99. The second-order valence-corrected chi connectivity index (χ2v) is 4.76. The maximum atomic E-state index is 5.08. The number of likely N-dealkylation sites (tertiary alicyclic amines) is 1. The van der Waals surface area contributed by atoms with Crippen LogP contribution in [0.2, 0.25) is 0 Å². The molecule has 3 heteroatoms. The average molecular weight is 240 g/mol. The van der Waals surface area contributed by atoms with Gasteiger partial charge in [-0.05, 0) is 31.3 Å². The fraction of sp³-hybridized carbons (Fsp3) is 0.857. The van der Waals surface area contributed by atoms with Gasteiger partial charge in [0.05, 0.1) is 12.4 Å². The first-order valence-corrected chi connectivity index (χ1v) is 6.99. The fourth-order valence-electron chi connectivity index (χ4n) is 2.37. The minimum absolute atomic E-state index is 0.770. The van der Waals surface area contributed by atoms with Crippen molar-refractivity contribution in [2.45, 2.75) is 39.5 Å². The number of piperidine rings is 1. The molecule has 0 saturated carbocycles. The number of ether oxygens (including phenoxy) is 1. The molecule has 3 nitrogen and oxygen atoms in total. The minimum Gasteiger partial charge on any atom is -0.383 e. The van der Waals surface area contributed by atoms with Crippen LogP contribution < -0.4 is 5.32 Å². The van der Waals surface area contributed by atoms with E-state index in [0.29, 0.717) is 0 Å². The van der Waals surface area contributed by atoms with Crippen LogP contribution in [0.5, 0.6) is 0 Å². The summed E-state index contributed by atoms with van der Waals surface area (Å²) in [6.45, 7) is 8.56. The Labute approximate surface area is 106 Å². The van der Waals surface area contributed by atoms with Crippen molar-refractivity contribution in [3.05, 3.63) is 11.9 Å². The van der Waals surface area contributed by atoms with Gasteiger partial charge in [0.2, 0.25) is 0 Å². The summed E-state index contributed by atoms with van der Waals surface area (Å²) in [4.78, 5) is 2.49. The highest BCUT2D eigenvalue weighted by molar-refractivity contribution is 5.00. The van der Waals surface area contributed by atoms with Gasteiger partial charge < -0.3 is 15.0 Å². The lowest BCUT2D eigenvalue weighted by Gasteiger charge is -2.35. The molecular weight excluding hydrogens is 212 g/mol. The van der Waals surface area contributed by atoms with Crippen LogP contribution in [0.4, 0.5) is 0 Å². The summed E-state index contributed by atoms with van der Waals surface area (Å²) in [6, 6.07) is 0. The molecule has 0 aliphatic carbocycles. The molecule has 0 bridgehead atoms. The summed E-state index contributed by atoms with van der Waals surface area (Å²) in [5.74, 6) is 2.24. The van der Waals surface area contributed by atoms with E-state index in [2.05, 4.69) is 30.1 Å². The molecule has 1 heterocycles. The zero-order chi connectivity index (χ0) is 12.5. The van der Waals surface area contributed by atoms with Crippen LogP contribution in [0.25, 0.3) is 0 Å². The van der Waals surface area contributed by atoms with Crippen molar-refractivity contribution in [2.24, 2.45) is 5.92 Å². The zero-order valence-electron chi connectivity index (χ0n) is 11.7.